The van der Waals surface area contributed by atoms with E-state index in [1.807, 2.05) is 6.07 Å². The molecule has 0 spiro atoms. The third kappa shape index (κ3) is 4.23. The molecule has 0 fully saturated rings. The zero-order valence-corrected chi connectivity index (χ0v) is 13.2. The maximum atomic E-state index is 12.8. The Labute approximate surface area is 141 Å². The van der Waals surface area contributed by atoms with Gasteiger partial charge in [0.2, 0.25) is 5.91 Å². The Morgan fingerprint density at radius 1 is 1.40 bits per heavy atom. The van der Waals surface area contributed by atoms with Crippen molar-refractivity contribution in [2.45, 2.75) is 32.1 Å². The van der Waals surface area contributed by atoms with Crippen LogP contribution in [-0.4, -0.2) is 31.8 Å². The fraction of sp³-hybridized carbons (Fsp3) is 0.375. The summed E-state index contributed by atoms with van der Waals surface area (Å²) in [5.41, 5.74) is 0.788. The van der Waals surface area contributed by atoms with Crippen molar-refractivity contribution in [3.8, 4) is 0 Å². The summed E-state index contributed by atoms with van der Waals surface area (Å²) in [5.74, 6) is -0.943. The van der Waals surface area contributed by atoms with Crippen LogP contribution >= 0.6 is 0 Å². The minimum absolute atomic E-state index is 0.00358. The molecule has 1 aliphatic rings. The topological polar surface area (TPSA) is 72.7 Å². The van der Waals surface area contributed by atoms with Crippen molar-refractivity contribution < 1.29 is 18.0 Å². The highest BCUT2D eigenvalue weighted by atomic mass is 19.4. The average Bonchev–Trinajstić information content (AvgIpc) is 3.00. The van der Waals surface area contributed by atoms with Crippen molar-refractivity contribution in [1.29, 1.82) is 0 Å². The van der Waals surface area contributed by atoms with Crippen LogP contribution in [0.1, 0.15) is 23.6 Å². The third-order valence-corrected chi connectivity index (χ3v) is 4.03. The van der Waals surface area contributed by atoms with Crippen LogP contribution in [-0.2, 0) is 24.3 Å². The molecule has 0 bridgehead atoms. The lowest BCUT2D eigenvalue weighted by Crippen LogP contribution is -2.32. The number of nitrogens with zero attached hydrogens (tertiary/aromatic N) is 4. The van der Waals surface area contributed by atoms with Gasteiger partial charge < -0.3 is 9.88 Å². The Hall–Kier alpha value is -2.71. The van der Waals surface area contributed by atoms with Crippen LogP contribution in [0.3, 0.4) is 0 Å². The highest BCUT2D eigenvalue weighted by Crippen LogP contribution is 2.34. The van der Waals surface area contributed by atoms with E-state index < -0.39 is 12.1 Å². The second kappa shape index (κ2) is 7.04. The quantitative estimate of drug-likeness (QED) is 0.857. The third-order valence-electron chi connectivity index (χ3n) is 4.03. The van der Waals surface area contributed by atoms with Crippen LogP contribution in [0.25, 0.3) is 6.08 Å². The summed E-state index contributed by atoms with van der Waals surface area (Å²) in [6.45, 7) is 0.309. The molecule has 3 rings (SSSR count). The first-order chi connectivity index (χ1) is 11.9. The van der Waals surface area contributed by atoms with Crippen LogP contribution < -0.4 is 5.32 Å². The minimum atomic E-state index is -4.22. The lowest BCUT2D eigenvalue weighted by atomic mass is 9.97. The van der Waals surface area contributed by atoms with Crippen LogP contribution in [0, 0.1) is 5.92 Å². The number of fused-ring (bicyclic) bond motifs is 1. The van der Waals surface area contributed by atoms with Gasteiger partial charge in [0.15, 0.2) is 5.82 Å². The maximum absolute atomic E-state index is 12.8. The van der Waals surface area contributed by atoms with Crippen LogP contribution in [0.4, 0.5) is 13.2 Å². The van der Waals surface area contributed by atoms with Crippen LogP contribution in [0.15, 0.2) is 30.6 Å². The highest BCUT2D eigenvalue weighted by molar-refractivity contribution is 5.91. The molecule has 1 N–H and O–H groups in total. The summed E-state index contributed by atoms with van der Waals surface area (Å²) in [7, 11) is 0. The van der Waals surface area contributed by atoms with E-state index in [1.165, 1.54) is 6.08 Å². The van der Waals surface area contributed by atoms with E-state index in [4.69, 9.17) is 0 Å². The Morgan fingerprint density at radius 2 is 2.24 bits per heavy atom. The molecule has 6 nitrogen and oxygen atoms in total. The predicted molar refractivity (Wildman–Crippen MR) is 83.0 cm³/mol. The van der Waals surface area contributed by atoms with Crippen molar-refractivity contribution in [1.82, 2.24) is 25.1 Å². The van der Waals surface area contributed by atoms with E-state index in [0.29, 0.717) is 11.6 Å². The van der Waals surface area contributed by atoms with Crippen molar-refractivity contribution in [2.75, 3.05) is 0 Å². The largest absolute Gasteiger partial charge is 0.392 e. The smallest absolute Gasteiger partial charge is 0.345 e. The van der Waals surface area contributed by atoms with Crippen molar-refractivity contribution in [2.24, 2.45) is 5.92 Å². The molecule has 3 heterocycles. The van der Waals surface area contributed by atoms with Crippen LogP contribution in [0.2, 0.25) is 0 Å². The highest BCUT2D eigenvalue weighted by Gasteiger charge is 2.42. The number of carbonyl (C=O) groups is 1. The number of nitrogens with one attached hydrogen (secondary N) is 1. The first-order valence-corrected chi connectivity index (χ1v) is 7.77. The first-order valence-electron chi connectivity index (χ1n) is 7.77. The number of halogens is 3. The van der Waals surface area contributed by atoms with E-state index in [9.17, 15) is 18.0 Å². The standard InChI is InChI=1S/C16H16F3N5O/c17-16(18,19)12-5-7-24-13(8-12)22-23-14(24)10-21-15(25)4-3-11-2-1-6-20-9-11/h1-4,6,9,12H,5,7-8,10H2,(H,21,25)/b4-3+/t12-/m0/s1. The van der Waals surface area contributed by atoms with E-state index in [-0.39, 0.29) is 31.8 Å². The Balaban J connectivity index is 1.57. The van der Waals surface area contributed by atoms with Gasteiger partial charge in [0.05, 0.1) is 12.5 Å². The van der Waals surface area contributed by atoms with Crippen molar-refractivity contribution >= 4 is 12.0 Å². The molecule has 0 saturated heterocycles. The number of aromatic nitrogens is 4. The van der Waals surface area contributed by atoms with Gasteiger partial charge in [0.25, 0.3) is 0 Å². The molecule has 0 saturated carbocycles. The molecule has 132 valence electrons. The molecule has 9 heteroatoms. The van der Waals surface area contributed by atoms with E-state index in [1.54, 1.807) is 29.1 Å². The van der Waals surface area contributed by atoms with Gasteiger partial charge in [-0.2, -0.15) is 13.2 Å². The molecule has 0 aromatic carbocycles. The van der Waals surface area contributed by atoms with Gasteiger partial charge in [-0.05, 0) is 24.1 Å². The zero-order valence-electron chi connectivity index (χ0n) is 13.2. The molecule has 1 atom stereocenters. The number of hydrogen-bond acceptors (Lipinski definition) is 4. The molecule has 2 aromatic heterocycles. The zero-order chi connectivity index (χ0) is 17.9. The molecule has 0 aliphatic carbocycles. The van der Waals surface area contributed by atoms with Gasteiger partial charge in [0, 0.05) is 31.4 Å². The lowest BCUT2D eigenvalue weighted by molar-refractivity contribution is -0.179. The molecule has 1 amide bonds. The molecule has 1 aliphatic heterocycles. The Kier molecular flexibility index (Phi) is 4.82. The van der Waals surface area contributed by atoms with E-state index in [2.05, 4.69) is 20.5 Å². The number of pyridine rings is 1. The van der Waals surface area contributed by atoms with Crippen molar-refractivity contribution in [3.05, 3.63) is 47.8 Å². The molecular weight excluding hydrogens is 335 g/mol. The monoisotopic (exact) mass is 351 g/mol. The summed E-state index contributed by atoms with van der Waals surface area (Å²) in [4.78, 5) is 15.8. The number of hydrogen-bond donors (Lipinski definition) is 1. The minimum Gasteiger partial charge on any atom is -0.345 e. The van der Waals surface area contributed by atoms with Gasteiger partial charge in [-0.15, -0.1) is 10.2 Å². The number of alkyl halides is 3. The lowest BCUT2D eigenvalue weighted by Gasteiger charge is -2.25. The molecule has 0 unspecified atom stereocenters. The maximum Gasteiger partial charge on any atom is 0.392 e. The number of carbonyl (C=O) groups excluding carboxylic acids is 1. The summed E-state index contributed by atoms with van der Waals surface area (Å²) < 4.78 is 40.0. The Morgan fingerprint density at radius 3 is 2.96 bits per heavy atom. The summed E-state index contributed by atoms with van der Waals surface area (Å²) in [6.07, 6.45) is 1.84. The van der Waals surface area contributed by atoms with Gasteiger partial charge in [-0.3, -0.25) is 9.78 Å². The average molecular weight is 351 g/mol. The fourth-order valence-electron chi connectivity index (χ4n) is 2.67. The second-order valence-corrected chi connectivity index (χ2v) is 5.75. The Bertz CT molecular complexity index is 770. The normalized spacial score (nSPS) is 17.5. The first kappa shape index (κ1) is 17.1. The van der Waals surface area contributed by atoms with Gasteiger partial charge in [-0.25, -0.2) is 0 Å². The van der Waals surface area contributed by atoms with E-state index in [0.717, 1.165) is 5.56 Å². The second-order valence-electron chi connectivity index (χ2n) is 5.75. The summed E-state index contributed by atoms with van der Waals surface area (Å²) >= 11 is 0. The fourth-order valence-corrected chi connectivity index (χ4v) is 2.67. The van der Waals surface area contributed by atoms with Crippen LogP contribution in [0.5, 0.6) is 0 Å². The summed E-state index contributed by atoms with van der Waals surface area (Å²) in [5, 5.41) is 10.4. The predicted octanol–water partition coefficient (Wildman–Crippen LogP) is 2.13. The molecule has 0 radical (unpaired) electrons. The van der Waals surface area contributed by atoms with E-state index >= 15 is 0 Å². The van der Waals surface area contributed by atoms with Gasteiger partial charge in [0.1, 0.15) is 5.82 Å². The SMILES string of the molecule is O=C(/C=C/c1cccnc1)NCc1nnc2n1CC[C@H](C(F)(F)F)C2. The number of rotatable bonds is 4. The summed E-state index contributed by atoms with van der Waals surface area (Å²) in [6, 6.07) is 3.57. The van der Waals surface area contributed by atoms with Crippen molar-refractivity contribution in [3.63, 3.8) is 0 Å². The molecular formula is C16H16F3N5O. The van der Waals surface area contributed by atoms with Gasteiger partial charge in [-0.1, -0.05) is 6.07 Å². The number of amides is 1. The van der Waals surface area contributed by atoms with Gasteiger partial charge >= 0.3 is 6.18 Å². The molecule has 25 heavy (non-hydrogen) atoms. The molecule has 2 aromatic rings.